The predicted molar refractivity (Wildman–Crippen MR) is 69.1 cm³/mol. The van der Waals surface area contributed by atoms with Gasteiger partial charge in [0.05, 0.1) is 0 Å². The minimum atomic E-state index is 0.700. The molecule has 1 N–H and O–H groups in total. The summed E-state index contributed by atoms with van der Waals surface area (Å²) in [6.45, 7) is 5.72. The van der Waals surface area contributed by atoms with Gasteiger partial charge in [0, 0.05) is 22.7 Å². The number of hydrogen-bond donors (Lipinski definition) is 1. The van der Waals surface area contributed by atoms with E-state index in [-0.39, 0.29) is 0 Å². The maximum atomic E-state index is 5.96. The van der Waals surface area contributed by atoms with Gasteiger partial charge in [0.15, 0.2) is 5.76 Å². The summed E-state index contributed by atoms with van der Waals surface area (Å²) in [4.78, 5) is 0. The van der Waals surface area contributed by atoms with Gasteiger partial charge in [-0.25, -0.2) is 0 Å². The summed E-state index contributed by atoms with van der Waals surface area (Å²) in [7, 11) is 0. The Morgan fingerprint density at radius 1 is 1.41 bits per heavy atom. The molecule has 0 unspecified atom stereocenters. The number of halogens is 1. The Kier molecular flexibility index (Phi) is 3.82. The lowest BCUT2D eigenvalue weighted by atomic mass is 10.1. The third-order valence-corrected chi connectivity index (χ3v) is 2.88. The fourth-order valence-corrected chi connectivity index (χ4v) is 1.87. The van der Waals surface area contributed by atoms with Crippen molar-refractivity contribution in [2.24, 2.45) is 0 Å². The summed E-state index contributed by atoms with van der Waals surface area (Å²) in [6.07, 6.45) is 0. The smallest absolute Gasteiger partial charge is 0.170 e. The second-order valence-corrected chi connectivity index (χ2v) is 4.31. The van der Waals surface area contributed by atoms with E-state index in [0.717, 1.165) is 35.7 Å². The van der Waals surface area contributed by atoms with Crippen LogP contribution in [0.15, 0.2) is 28.8 Å². The van der Waals surface area contributed by atoms with Gasteiger partial charge in [-0.3, -0.25) is 0 Å². The van der Waals surface area contributed by atoms with Crippen molar-refractivity contribution in [1.29, 1.82) is 0 Å². The Morgan fingerprint density at radius 2 is 2.24 bits per heavy atom. The Hall–Kier alpha value is -1.32. The molecule has 1 aromatic carbocycles. The molecule has 0 aliphatic rings. The summed E-state index contributed by atoms with van der Waals surface area (Å²) in [5, 5.41) is 8.01. The van der Waals surface area contributed by atoms with Crippen LogP contribution in [0.3, 0.4) is 0 Å². The van der Waals surface area contributed by atoms with Crippen molar-refractivity contribution >= 4 is 11.6 Å². The van der Waals surface area contributed by atoms with E-state index in [0.29, 0.717) is 5.02 Å². The number of nitrogens with zero attached hydrogens (tertiary/aromatic N) is 1. The van der Waals surface area contributed by atoms with Crippen molar-refractivity contribution in [3.8, 4) is 11.3 Å². The zero-order valence-corrected chi connectivity index (χ0v) is 10.7. The van der Waals surface area contributed by atoms with Crippen LogP contribution in [-0.4, -0.2) is 11.7 Å². The molecule has 17 heavy (non-hydrogen) atoms. The molecule has 0 fully saturated rings. The second-order valence-electron chi connectivity index (χ2n) is 3.87. The number of aromatic nitrogens is 1. The van der Waals surface area contributed by atoms with E-state index in [1.807, 2.05) is 31.2 Å². The lowest BCUT2D eigenvalue weighted by Gasteiger charge is -1.99. The van der Waals surface area contributed by atoms with Crippen molar-refractivity contribution < 1.29 is 4.52 Å². The number of hydrogen-bond acceptors (Lipinski definition) is 3. The van der Waals surface area contributed by atoms with Gasteiger partial charge >= 0.3 is 0 Å². The molecule has 0 aliphatic heterocycles. The standard InChI is InChI=1S/C13H15ClN2O/c1-3-15-8-12-9(2)13(17-16-12)10-5-4-6-11(14)7-10/h4-7,15H,3,8H2,1-2H3. The summed E-state index contributed by atoms with van der Waals surface area (Å²) in [5.41, 5.74) is 2.97. The maximum absolute atomic E-state index is 5.96. The van der Waals surface area contributed by atoms with E-state index < -0.39 is 0 Å². The highest BCUT2D eigenvalue weighted by molar-refractivity contribution is 6.30. The van der Waals surface area contributed by atoms with Crippen LogP contribution in [0.25, 0.3) is 11.3 Å². The first-order valence-corrected chi connectivity index (χ1v) is 6.02. The van der Waals surface area contributed by atoms with E-state index in [9.17, 15) is 0 Å². The van der Waals surface area contributed by atoms with Gasteiger partial charge in [-0.05, 0) is 25.6 Å². The molecule has 0 bridgehead atoms. The number of nitrogens with one attached hydrogen (secondary N) is 1. The molecule has 2 aromatic rings. The third kappa shape index (κ3) is 2.68. The maximum Gasteiger partial charge on any atom is 0.170 e. The SMILES string of the molecule is CCNCc1noc(-c2cccc(Cl)c2)c1C. The molecule has 2 rings (SSSR count). The van der Waals surface area contributed by atoms with Gasteiger partial charge in [0.2, 0.25) is 0 Å². The van der Waals surface area contributed by atoms with Crippen molar-refractivity contribution in [1.82, 2.24) is 10.5 Å². The van der Waals surface area contributed by atoms with Gasteiger partial charge in [0.25, 0.3) is 0 Å². The Balaban J connectivity index is 2.30. The topological polar surface area (TPSA) is 38.1 Å². The summed E-state index contributed by atoms with van der Waals surface area (Å²) in [6, 6.07) is 7.60. The van der Waals surface area contributed by atoms with Gasteiger partial charge in [-0.15, -0.1) is 0 Å². The van der Waals surface area contributed by atoms with Crippen LogP contribution in [0.1, 0.15) is 18.2 Å². The molecule has 0 radical (unpaired) electrons. The quantitative estimate of drug-likeness (QED) is 0.904. The lowest BCUT2D eigenvalue weighted by Crippen LogP contribution is -2.12. The molecule has 3 nitrogen and oxygen atoms in total. The minimum absolute atomic E-state index is 0.700. The van der Waals surface area contributed by atoms with Crippen molar-refractivity contribution in [3.05, 3.63) is 40.5 Å². The van der Waals surface area contributed by atoms with Crippen LogP contribution in [-0.2, 0) is 6.54 Å². The number of benzene rings is 1. The molecule has 0 aliphatic carbocycles. The second kappa shape index (κ2) is 5.34. The van der Waals surface area contributed by atoms with Crippen molar-refractivity contribution in [2.75, 3.05) is 6.54 Å². The van der Waals surface area contributed by atoms with Crippen LogP contribution in [0.2, 0.25) is 5.02 Å². The molecule has 0 atom stereocenters. The van der Waals surface area contributed by atoms with Crippen molar-refractivity contribution in [3.63, 3.8) is 0 Å². The van der Waals surface area contributed by atoms with E-state index in [2.05, 4.69) is 17.4 Å². The molecular weight excluding hydrogens is 236 g/mol. The van der Waals surface area contributed by atoms with Crippen LogP contribution in [0.5, 0.6) is 0 Å². The van der Waals surface area contributed by atoms with E-state index in [1.54, 1.807) is 0 Å². The number of rotatable bonds is 4. The van der Waals surface area contributed by atoms with Crippen molar-refractivity contribution in [2.45, 2.75) is 20.4 Å². The van der Waals surface area contributed by atoms with Gasteiger partial charge in [-0.1, -0.05) is 35.8 Å². The van der Waals surface area contributed by atoms with Gasteiger partial charge in [-0.2, -0.15) is 0 Å². The molecule has 0 spiro atoms. The highest BCUT2D eigenvalue weighted by Crippen LogP contribution is 2.27. The molecule has 0 saturated carbocycles. The molecule has 0 saturated heterocycles. The first-order chi connectivity index (χ1) is 8.22. The van der Waals surface area contributed by atoms with Crippen LogP contribution in [0, 0.1) is 6.92 Å². The first-order valence-electron chi connectivity index (χ1n) is 5.64. The largest absolute Gasteiger partial charge is 0.356 e. The van der Waals surface area contributed by atoms with E-state index in [4.69, 9.17) is 16.1 Å². The monoisotopic (exact) mass is 250 g/mol. The fraction of sp³-hybridized carbons (Fsp3) is 0.308. The predicted octanol–water partition coefficient (Wildman–Crippen LogP) is 3.41. The molecule has 90 valence electrons. The zero-order valence-electron chi connectivity index (χ0n) is 9.96. The molecule has 1 heterocycles. The van der Waals surface area contributed by atoms with Crippen LogP contribution < -0.4 is 5.32 Å². The third-order valence-electron chi connectivity index (χ3n) is 2.65. The van der Waals surface area contributed by atoms with Gasteiger partial charge < -0.3 is 9.84 Å². The van der Waals surface area contributed by atoms with E-state index in [1.165, 1.54) is 0 Å². The molecular formula is C13H15ClN2O. The first kappa shape index (κ1) is 12.1. The summed E-state index contributed by atoms with van der Waals surface area (Å²) >= 11 is 5.96. The van der Waals surface area contributed by atoms with Gasteiger partial charge in [0.1, 0.15) is 5.69 Å². The highest BCUT2D eigenvalue weighted by Gasteiger charge is 2.13. The fourth-order valence-electron chi connectivity index (χ4n) is 1.68. The summed E-state index contributed by atoms with van der Waals surface area (Å²) < 4.78 is 5.38. The summed E-state index contributed by atoms with van der Waals surface area (Å²) in [5.74, 6) is 0.792. The normalized spacial score (nSPS) is 10.8. The van der Waals surface area contributed by atoms with Crippen LogP contribution in [0.4, 0.5) is 0 Å². The van der Waals surface area contributed by atoms with Crippen LogP contribution >= 0.6 is 11.6 Å². The van der Waals surface area contributed by atoms with E-state index >= 15 is 0 Å². The Morgan fingerprint density at radius 3 is 2.94 bits per heavy atom. The molecule has 1 aromatic heterocycles. The molecule has 4 heteroatoms. The zero-order chi connectivity index (χ0) is 12.3. The average molecular weight is 251 g/mol. The lowest BCUT2D eigenvalue weighted by molar-refractivity contribution is 0.420. The Bertz CT molecular complexity index is 508. The average Bonchev–Trinajstić information content (AvgIpc) is 2.68. The molecule has 0 amide bonds. The Labute approximate surface area is 106 Å². The highest BCUT2D eigenvalue weighted by atomic mass is 35.5. The minimum Gasteiger partial charge on any atom is -0.356 e.